The Balaban J connectivity index is 2.25. The van der Waals surface area contributed by atoms with Crippen LogP contribution in [0.1, 0.15) is 44.6 Å². The van der Waals surface area contributed by atoms with Crippen molar-refractivity contribution in [2.75, 3.05) is 0 Å². The van der Waals surface area contributed by atoms with Crippen molar-refractivity contribution in [2.24, 2.45) is 0 Å². The third kappa shape index (κ3) is 2.88. The van der Waals surface area contributed by atoms with Crippen molar-refractivity contribution in [2.45, 2.75) is 44.8 Å². The van der Waals surface area contributed by atoms with Gasteiger partial charge in [-0.1, -0.05) is 5.16 Å². The highest BCUT2D eigenvalue weighted by Crippen LogP contribution is 2.17. The molecule has 0 radical (unpaired) electrons. The van der Waals surface area contributed by atoms with Crippen LogP contribution in [0.4, 0.5) is 0 Å². The topological polar surface area (TPSA) is 103 Å². The van der Waals surface area contributed by atoms with Crippen molar-refractivity contribution in [1.29, 1.82) is 0 Å². The van der Waals surface area contributed by atoms with Gasteiger partial charge in [-0.3, -0.25) is 4.68 Å². The van der Waals surface area contributed by atoms with Gasteiger partial charge in [-0.15, -0.1) is 0 Å². The second-order valence-corrected chi connectivity index (χ2v) is 6.39. The van der Waals surface area contributed by atoms with E-state index in [1.165, 1.54) is 16.9 Å². The van der Waals surface area contributed by atoms with Gasteiger partial charge in [0.15, 0.2) is 10.9 Å². The minimum absolute atomic E-state index is 0.0578. The Labute approximate surface area is 117 Å². The van der Waals surface area contributed by atoms with Crippen molar-refractivity contribution < 1.29 is 12.9 Å². The lowest BCUT2D eigenvalue weighted by molar-refractivity contribution is 0.350. The predicted octanol–water partition coefficient (Wildman–Crippen LogP) is 1.19. The van der Waals surface area contributed by atoms with E-state index in [9.17, 15) is 8.42 Å². The van der Waals surface area contributed by atoms with E-state index in [-0.39, 0.29) is 17.0 Å². The zero-order valence-corrected chi connectivity index (χ0v) is 12.5. The Morgan fingerprint density at radius 1 is 1.35 bits per heavy atom. The molecule has 0 amide bonds. The van der Waals surface area contributed by atoms with Gasteiger partial charge in [0.05, 0.1) is 12.2 Å². The van der Waals surface area contributed by atoms with E-state index in [2.05, 4.69) is 20.0 Å². The number of hydrogen-bond acceptors (Lipinski definition) is 6. The first-order valence-electron chi connectivity index (χ1n) is 6.17. The fourth-order valence-electron chi connectivity index (χ4n) is 1.74. The Morgan fingerprint density at radius 3 is 2.60 bits per heavy atom. The monoisotopic (exact) mass is 299 g/mol. The summed E-state index contributed by atoms with van der Waals surface area (Å²) in [6.07, 6.45) is 1.45. The smallest absolute Gasteiger partial charge is 0.258 e. The van der Waals surface area contributed by atoms with Crippen LogP contribution in [0, 0.1) is 6.92 Å². The van der Waals surface area contributed by atoms with Crippen LogP contribution >= 0.6 is 0 Å². The molecule has 2 aromatic rings. The van der Waals surface area contributed by atoms with Crippen molar-refractivity contribution in [3.05, 3.63) is 24.0 Å². The molecule has 9 heteroatoms. The van der Waals surface area contributed by atoms with E-state index < -0.39 is 16.1 Å². The molecule has 2 rings (SSSR count). The summed E-state index contributed by atoms with van der Waals surface area (Å²) in [6.45, 7) is 7.02. The molecule has 0 fully saturated rings. The minimum atomic E-state index is -3.71. The van der Waals surface area contributed by atoms with Crippen LogP contribution in [0.3, 0.4) is 0 Å². The third-order valence-electron chi connectivity index (χ3n) is 2.64. The largest absolute Gasteiger partial charge is 0.338 e. The van der Waals surface area contributed by atoms with Gasteiger partial charge in [0.2, 0.25) is 5.89 Å². The molecule has 0 saturated carbocycles. The summed E-state index contributed by atoms with van der Waals surface area (Å²) in [5.74, 6) is 0.681. The van der Waals surface area contributed by atoms with Gasteiger partial charge < -0.3 is 4.52 Å². The predicted molar refractivity (Wildman–Crippen MR) is 70.4 cm³/mol. The Hall–Kier alpha value is -1.74. The average molecular weight is 299 g/mol. The van der Waals surface area contributed by atoms with E-state index >= 15 is 0 Å². The van der Waals surface area contributed by atoms with Crippen LogP contribution in [0.2, 0.25) is 0 Å². The highest BCUT2D eigenvalue weighted by molar-refractivity contribution is 7.89. The van der Waals surface area contributed by atoms with Gasteiger partial charge in [0.1, 0.15) is 0 Å². The maximum Gasteiger partial charge on any atom is 0.258 e. The number of rotatable bonds is 5. The molecule has 0 aliphatic carbocycles. The molecule has 2 heterocycles. The molecule has 1 N–H and O–H groups in total. The normalized spacial score (nSPS) is 13.8. The van der Waals surface area contributed by atoms with Crippen molar-refractivity contribution in [1.82, 2.24) is 24.6 Å². The molecular weight excluding hydrogens is 282 g/mol. The highest BCUT2D eigenvalue weighted by atomic mass is 32.2. The van der Waals surface area contributed by atoms with Crippen LogP contribution in [-0.2, 0) is 10.0 Å². The summed E-state index contributed by atoms with van der Waals surface area (Å²) in [7, 11) is -3.71. The van der Waals surface area contributed by atoms with E-state index in [0.717, 1.165) is 0 Å². The van der Waals surface area contributed by atoms with Crippen LogP contribution in [0.15, 0.2) is 21.8 Å². The average Bonchev–Trinajstić information content (AvgIpc) is 2.96. The molecule has 0 spiro atoms. The molecule has 0 bridgehead atoms. The van der Waals surface area contributed by atoms with E-state index in [1.54, 1.807) is 13.8 Å². The first-order valence-corrected chi connectivity index (χ1v) is 7.65. The van der Waals surface area contributed by atoms with Crippen LogP contribution in [0.25, 0.3) is 0 Å². The maximum atomic E-state index is 12.3. The summed E-state index contributed by atoms with van der Waals surface area (Å²) in [5, 5.41) is 7.76. The SMILES string of the molecule is Cc1noc([C@@H](C)NS(=O)(=O)c2ccnn2C(C)C)n1. The van der Waals surface area contributed by atoms with Crippen molar-refractivity contribution in [3.63, 3.8) is 0 Å². The van der Waals surface area contributed by atoms with Gasteiger partial charge in [0, 0.05) is 6.04 Å². The molecule has 20 heavy (non-hydrogen) atoms. The van der Waals surface area contributed by atoms with E-state index in [1.807, 2.05) is 13.8 Å². The van der Waals surface area contributed by atoms with Gasteiger partial charge in [0.25, 0.3) is 10.0 Å². The van der Waals surface area contributed by atoms with E-state index in [4.69, 9.17) is 4.52 Å². The van der Waals surface area contributed by atoms with Crippen LogP contribution < -0.4 is 4.72 Å². The lowest BCUT2D eigenvalue weighted by Gasteiger charge is -2.14. The molecule has 0 aliphatic rings. The number of nitrogens with zero attached hydrogens (tertiary/aromatic N) is 4. The fourth-order valence-corrected chi connectivity index (χ4v) is 3.17. The minimum Gasteiger partial charge on any atom is -0.338 e. The summed E-state index contributed by atoms with van der Waals surface area (Å²) < 4.78 is 33.6. The molecule has 110 valence electrons. The van der Waals surface area contributed by atoms with E-state index in [0.29, 0.717) is 5.82 Å². The van der Waals surface area contributed by atoms with Gasteiger partial charge in [-0.2, -0.15) is 14.8 Å². The zero-order chi connectivity index (χ0) is 14.9. The first kappa shape index (κ1) is 14.7. The molecule has 0 unspecified atom stereocenters. The molecular formula is C11H17N5O3S. The number of sulfonamides is 1. The van der Waals surface area contributed by atoms with Gasteiger partial charge in [-0.05, 0) is 33.8 Å². The number of aromatic nitrogens is 4. The molecule has 1 atom stereocenters. The van der Waals surface area contributed by atoms with Crippen LogP contribution in [0.5, 0.6) is 0 Å². The molecule has 0 aromatic carbocycles. The van der Waals surface area contributed by atoms with Crippen LogP contribution in [-0.4, -0.2) is 28.3 Å². The Bertz CT molecular complexity index is 688. The molecule has 8 nitrogen and oxygen atoms in total. The quantitative estimate of drug-likeness (QED) is 0.889. The first-order chi connectivity index (χ1) is 9.31. The molecule has 0 aliphatic heterocycles. The second-order valence-electron chi connectivity index (χ2n) is 4.73. The Kier molecular flexibility index (Phi) is 3.91. The number of hydrogen-bond donors (Lipinski definition) is 1. The third-order valence-corrected chi connectivity index (χ3v) is 4.18. The van der Waals surface area contributed by atoms with Crippen molar-refractivity contribution in [3.8, 4) is 0 Å². The molecule has 2 aromatic heterocycles. The fraction of sp³-hybridized carbons (Fsp3) is 0.545. The molecule has 0 saturated heterocycles. The van der Waals surface area contributed by atoms with Gasteiger partial charge in [-0.25, -0.2) is 8.42 Å². The summed E-state index contributed by atoms with van der Waals surface area (Å²) in [6, 6.07) is 0.781. The second kappa shape index (κ2) is 5.33. The Morgan fingerprint density at radius 2 is 2.05 bits per heavy atom. The summed E-state index contributed by atoms with van der Waals surface area (Å²) in [5.41, 5.74) is 0. The summed E-state index contributed by atoms with van der Waals surface area (Å²) in [4.78, 5) is 4.01. The number of nitrogens with one attached hydrogen (secondary N) is 1. The standard InChI is InChI=1S/C11H17N5O3S/c1-7(2)16-10(5-6-12-16)20(17,18)15-8(3)11-13-9(4)14-19-11/h5-8,15H,1-4H3/t8-/m1/s1. The maximum absolute atomic E-state index is 12.3. The van der Waals surface area contributed by atoms with Crippen molar-refractivity contribution >= 4 is 10.0 Å². The summed E-state index contributed by atoms with van der Waals surface area (Å²) >= 11 is 0. The lowest BCUT2D eigenvalue weighted by atomic mass is 10.4. The lowest BCUT2D eigenvalue weighted by Crippen LogP contribution is -2.29. The van der Waals surface area contributed by atoms with Gasteiger partial charge >= 0.3 is 0 Å². The highest BCUT2D eigenvalue weighted by Gasteiger charge is 2.25. The zero-order valence-electron chi connectivity index (χ0n) is 11.7. The number of aryl methyl sites for hydroxylation is 1.